The van der Waals surface area contributed by atoms with E-state index in [-0.39, 0.29) is 6.61 Å². The van der Waals surface area contributed by atoms with Crippen molar-refractivity contribution < 1.29 is 14.9 Å². The van der Waals surface area contributed by atoms with Crippen LogP contribution in [0.5, 0.6) is 0 Å². The molecule has 0 saturated heterocycles. The van der Waals surface area contributed by atoms with Crippen LogP contribution in [-0.4, -0.2) is 43.6 Å². The van der Waals surface area contributed by atoms with Gasteiger partial charge in [-0.2, -0.15) is 0 Å². The number of anilines is 1. The third-order valence-corrected chi connectivity index (χ3v) is 3.21. The first-order valence-corrected chi connectivity index (χ1v) is 6.71. The number of benzene rings is 1. The van der Waals surface area contributed by atoms with Crippen LogP contribution in [-0.2, 0) is 4.74 Å². The van der Waals surface area contributed by atoms with Crippen molar-refractivity contribution in [3.05, 3.63) is 28.2 Å². The van der Waals surface area contributed by atoms with Crippen LogP contribution in [0.15, 0.2) is 22.7 Å². The lowest BCUT2D eigenvalue weighted by Crippen LogP contribution is -2.31. The molecule has 0 radical (unpaired) electrons. The van der Waals surface area contributed by atoms with E-state index in [9.17, 15) is 5.11 Å². The van der Waals surface area contributed by atoms with Gasteiger partial charge in [-0.3, -0.25) is 0 Å². The largest absolute Gasteiger partial charge is 0.395 e. The number of hydrogen-bond acceptors (Lipinski definition) is 4. The molecule has 4 nitrogen and oxygen atoms in total. The van der Waals surface area contributed by atoms with Gasteiger partial charge in [-0.15, -0.1) is 0 Å². The van der Waals surface area contributed by atoms with Gasteiger partial charge >= 0.3 is 0 Å². The zero-order valence-corrected chi connectivity index (χ0v) is 12.4. The molecule has 0 saturated carbocycles. The molecule has 0 aromatic heterocycles. The lowest BCUT2D eigenvalue weighted by Gasteiger charge is -2.27. The van der Waals surface area contributed by atoms with E-state index in [1.54, 1.807) is 14.0 Å². The molecule has 1 rings (SSSR count). The molecule has 0 aliphatic rings. The SMILES string of the molecule is COCCN(CCO)c1cc(Br)ccc1C(C)O. The van der Waals surface area contributed by atoms with Crippen LogP contribution in [0.25, 0.3) is 0 Å². The van der Waals surface area contributed by atoms with Crippen molar-refractivity contribution in [1.29, 1.82) is 0 Å². The highest BCUT2D eigenvalue weighted by atomic mass is 79.9. The summed E-state index contributed by atoms with van der Waals surface area (Å²) in [6, 6.07) is 5.74. The number of methoxy groups -OCH3 is 1. The van der Waals surface area contributed by atoms with Gasteiger partial charge in [0.2, 0.25) is 0 Å². The molecule has 1 unspecified atom stereocenters. The molecule has 5 heteroatoms. The number of hydrogen-bond donors (Lipinski definition) is 2. The summed E-state index contributed by atoms with van der Waals surface area (Å²) in [5, 5.41) is 18.9. The standard InChI is InChI=1S/C13H20BrNO3/c1-10(17)12-4-3-11(14)9-13(12)15(5-7-16)6-8-18-2/h3-4,9-10,16-17H,5-8H2,1-2H3. The Morgan fingerprint density at radius 1 is 1.39 bits per heavy atom. The molecular formula is C13H20BrNO3. The first-order chi connectivity index (χ1) is 8.60. The first-order valence-electron chi connectivity index (χ1n) is 5.92. The molecule has 0 amide bonds. The van der Waals surface area contributed by atoms with E-state index in [0.717, 1.165) is 15.7 Å². The summed E-state index contributed by atoms with van der Waals surface area (Å²) < 4.78 is 6.02. The molecule has 1 atom stereocenters. The summed E-state index contributed by atoms with van der Waals surface area (Å²) in [7, 11) is 1.65. The fraction of sp³-hybridized carbons (Fsp3) is 0.538. The molecule has 18 heavy (non-hydrogen) atoms. The predicted molar refractivity (Wildman–Crippen MR) is 76.0 cm³/mol. The smallest absolute Gasteiger partial charge is 0.0782 e. The van der Waals surface area contributed by atoms with Gasteiger partial charge < -0.3 is 19.8 Å². The van der Waals surface area contributed by atoms with Crippen molar-refractivity contribution in [2.24, 2.45) is 0 Å². The van der Waals surface area contributed by atoms with Crippen LogP contribution in [0.3, 0.4) is 0 Å². The molecule has 102 valence electrons. The third-order valence-electron chi connectivity index (χ3n) is 2.72. The topological polar surface area (TPSA) is 52.9 Å². The summed E-state index contributed by atoms with van der Waals surface area (Å²) >= 11 is 3.43. The van der Waals surface area contributed by atoms with Crippen molar-refractivity contribution in [2.75, 3.05) is 38.3 Å². The molecule has 2 N–H and O–H groups in total. The lowest BCUT2D eigenvalue weighted by molar-refractivity contribution is 0.196. The summed E-state index contributed by atoms with van der Waals surface area (Å²) in [4.78, 5) is 2.01. The maximum absolute atomic E-state index is 9.80. The average molecular weight is 318 g/mol. The van der Waals surface area contributed by atoms with Crippen LogP contribution >= 0.6 is 15.9 Å². The Bertz CT molecular complexity index is 371. The van der Waals surface area contributed by atoms with Crippen LogP contribution in [0.2, 0.25) is 0 Å². The summed E-state index contributed by atoms with van der Waals surface area (Å²) in [6.45, 7) is 3.56. The second-order valence-corrected chi connectivity index (χ2v) is 5.00. The van der Waals surface area contributed by atoms with Gasteiger partial charge in [0, 0.05) is 35.9 Å². The van der Waals surface area contributed by atoms with Crippen LogP contribution in [0, 0.1) is 0 Å². The summed E-state index contributed by atoms with van der Waals surface area (Å²) in [5.41, 5.74) is 1.77. The normalized spacial score (nSPS) is 12.5. The molecule has 0 aliphatic heterocycles. The molecular weight excluding hydrogens is 298 g/mol. The van der Waals surface area contributed by atoms with Crippen molar-refractivity contribution in [3.8, 4) is 0 Å². The summed E-state index contributed by atoms with van der Waals surface area (Å²) in [6.07, 6.45) is -0.545. The molecule has 0 heterocycles. The number of ether oxygens (including phenoxy) is 1. The number of rotatable bonds is 7. The van der Waals surface area contributed by atoms with E-state index < -0.39 is 6.10 Å². The summed E-state index contributed by atoms with van der Waals surface area (Å²) in [5.74, 6) is 0. The Morgan fingerprint density at radius 2 is 2.11 bits per heavy atom. The predicted octanol–water partition coefficient (Wildman–Crippen LogP) is 1.95. The van der Waals surface area contributed by atoms with Gasteiger partial charge in [0.25, 0.3) is 0 Å². The average Bonchev–Trinajstić information content (AvgIpc) is 2.34. The van der Waals surface area contributed by atoms with Gasteiger partial charge in [-0.05, 0) is 19.1 Å². The van der Waals surface area contributed by atoms with E-state index >= 15 is 0 Å². The first kappa shape index (κ1) is 15.4. The molecule has 0 bridgehead atoms. The monoisotopic (exact) mass is 317 g/mol. The van der Waals surface area contributed by atoms with Crippen molar-refractivity contribution >= 4 is 21.6 Å². The van der Waals surface area contributed by atoms with E-state index in [1.165, 1.54) is 0 Å². The maximum Gasteiger partial charge on any atom is 0.0782 e. The minimum atomic E-state index is -0.545. The molecule has 1 aromatic carbocycles. The Balaban J connectivity index is 3.03. The fourth-order valence-corrected chi connectivity index (χ4v) is 2.17. The lowest BCUT2D eigenvalue weighted by atomic mass is 10.1. The van der Waals surface area contributed by atoms with Crippen molar-refractivity contribution in [1.82, 2.24) is 0 Å². The van der Waals surface area contributed by atoms with Crippen molar-refractivity contribution in [2.45, 2.75) is 13.0 Å². The highest BCUT2D eigenvalue weighted by Gasteiger charge is 2.14. The highest BCUT2D eigenvalue weighted by Crippen LogP contribution is 2.29. The van der Waals surface area contributed by atoms with E-state index in [1.807, 2.05) is 23.1 Å². The molecule has 0 spiro atoms. The van der Waals surface area contributed by atoms with Crippen LogP contribution in [0.4, 0.5) is 5.69 Å². The Morgan fingerprint density at radius 3 is 2.67 bits per heavy atom. The zero-order chi connectivity index (χ0) is 13.5. The van der Waals surface area contributed by atoms with Gasteiger partial charge in [0.15, 0.2) is 0 Å². The quantitative estimate of drug-likeness (QED) is 0.807. The minimum absolute atomic E-state index is 0.0650. The zero-order valence-electron chi connectivity index (χ0n) is 10.8. The second kappa shape index (κ2) is 7.74. The third kappa shape index (κ3) is 4.24. The van der Waals surface area contributed by atoms with Gasteiger partial charge in [-0.1, -0.05) is 22.0 Å². The van der Waals surface area contributed by atoms with E-state index in [0.29, 0.717) is 19.7 Å². The van der Waals surface area contributed by atoms with Crippen molar-refractivity contribution in [3.63, 3.8) is 0 Å². The maximum atomic E-state index is 9.80. The number of aliphatic hydroxyl groups excluding tert-OH is 2. The molecule has 0 aliphatic carbocycles. The number of aliphatic hydroxyl groups is 2. The second-order valence-electron chi connectivity index (χ2n) is 4.08. The van der Waals surface area contributed by atoms with E-state index in [2.05, 4.69) is 15.9 Å². The van der Waals surface area contributed by atoms with Gasteiger partial charge in [-0.25, -0.2) is 0 Å². The molecule has 1 aromatic rings. The van der Waals surface area contributed by atoms with Gasteiger partial charge in [0.05, 0.1) is 19.3 Å². The fourth-order valence-electron chi connectivity index (χ4n) is 1.82. The van der Waals surface area contributed by atoms with Crippen LogP contribution in [0.1, 0.15) is 18.6 Å². The Labute approximate surface area is 116 Å². The Hall–Kier alpha value is -0.620. The number of halogens is 1. The van der Waals surface area contributed by atoms with E-state index in [4.69, 9.17) is 9.84 Å². The Kier molecular flexibility index (Phi) is 6.63. The van der Waals surface area contributed by atoms with Gasteiger partial charge in [0.1, 0.15) is 0 Å². The van der Waals surface area contributed by atoms with Crippen LogP contribution < -0.4 is 4.90 Å². The molecule has 0 fully saturated rings. The highest BCUT2D eigenvalue weighted by molar-refractivity contribution is 9.10. The number of nitrogens with zero attached hydrogens (tertiary/aromatic N) is 1. The minimum Gasteiger partial charge on any atom is -0.395 e.